The van der Waals surface area contributed by atoms with Crippen molar-refractivity contribution < 1.29 is 14.3 Å². The number of ether oxygens (including phenoxy) is 1. The first-order chi connectivity index (χ1) is 11.8. The predicted molar refractivity (Wildman–Crippen MR) is 99.0 cm³/mol. The highest BCUT2D eigenvalue weighted by Gasteiger charge is 2.25. The molecule has 2 rings (SSSR count). The summed E-state index contributed by atoms with van der Waals surface area (Å²) in [6, 6.07) is 3.82. The molecule has 0 unspecified atom stereocenters. The molecule has 0 aromatic heterocycles. The van der Waals surface area contributed by atoms with E-state index in [-0.39, 0.29) is 11.8 Å². The van der Waals surface area contributed by atoms with Crippen molar-refractivity contribution in [2.75, 3.05) is 33.3 Å². The normalized spacial score (nSPS) is 15.3. The average molecular weight is 346 g/mol. The molecule has 1 saturated heterocycles. The van der Waals surface area contributed by atoms with Gasteiger partial charge in [-0.15, -0.1) is 0 Å². The Bertz CT molecular complexity index is 640. The van der Waals surface area contributed by atoms with Crippen molar-refractivity contribution >= 4 is 11.8 Å². The number of benzene rings is 1. The van der Waals surface area contributed by atoms with Crippen LogP contribution < -0.4 is 4.74 Å². The Labute approximate surface area is 150 Å². The van der Waals surface area contributed by atoms with Gasteiger partial charge >= 0.3 is 0 Å². The maximum Gasteiger partial charge on any atom is 0.257 e. The van der Waals surface area contributed by atoms with Gasteiger partial charge in [0.15, 0.2) is 0 Å². The fourth-order valence-electron chi connectivity index (χ4n) is 3.14. The van der Waals surface area contributed by atoms with Crippen LogP contribution in [-0.2, 0) is 4.79 Å². The van der Waals surface area contributed by atoms with Crippen LogP contribution >= 0.6 is 0 Å². The van der Waals surface area contributed by atoms with Gasteiger partial charge in [-0.05, 0) is 49.4 Å². The van der Waals surface area contributed by atoms with E-state index >= 15 is 0 Å². The molecule has 1 aliphatic rings. The third kappa shape index (κ3) is 4.74. The lowest BCUT2D eigenvalue weighted by molar-refractivity contribution is -0.131. The van der Waals surface area contributed by atoms with E-state index in [9.17, 15) is 9.59 Å². The van der Waals surface area contributed by atoms with Crippen LogP contribution in [0, 0.1) is 19.8 Å². The molecule has 0 N–H and O–H groups in total. The summed E-state index contributed by atoms with van der Waals surface area (Å²) in [6.07, 6.45) is 1.38. The molecule has 1 aromatic carbocycles. The fourth-order valence-corrected chi connectivity index (χ4v) is 3.14. The Balaban J connectivity index is 2.11. The second kappa shape index (κ2) is 8.37. The Morgan fingerprint density at radius 1 is 1.04 bits per heavy atom. The molecule has 1 heterocycles. The van der Waals surface area contributed by atoms with Crippen LogP contribution in [0.1, 0.15) is 48.2 Å². The van der Waals surface area contributed by atoms with Crippen molar-refractivity contribution in [2.45, 2.75) is 40.5 Å². The molecule has 5 nitrogen and oxygen atoms in total. The van der Waals surface area contributed by atoms with E-state index in [0.717, 1.165) is 24.1 Å². The maximum atomic E-state index is 13.0. The van der Waals surface area contributed by atoms with Crippen molar-refractivity contribution in [3.63, 3.8) is 0 Å². The molecule has 0 atom stereocenters. The Kier molecular flexibility index (Phi) is 6.45. The number of methoxy groups -OCH3 is 1. The van der Waals surface area contributed by atoms with E-state index < -0.39 is 0 Å². The number of aryl methyl sites for hydroxylation is 2. The molecule has 2 amide bonds. The molecule has 1 aromatic rings. The molecule has 1 fully saturated rings. The van der Waals surface area contributed by atoms with Gasteiger partial charge < -0.3 is 14.5 Å². The van der Waals surface area contributed by atoms with E-state index in [4.69, 9.17) is 4.74 Å². The van der Waals surface area contributed by atoms with Gasteiger partial charge in [-0.25, -0.2) is 0 Å². The summed E-state index contributed by atoms with van der Waals surface area (Å²) in [6.45, 7) is 10.7. The second-order valence-electron chi connectivity index (χ2n) is 7.26. The van der Waals surface area contributed by atoms with Crippen LogP contribution in [0.2, 0.25) is 0 Å². The van der Waals surface area contributed by atoms with Gasteiger partial charge in [0, 0.05) is 32.6 Å². The summed E-state index contributed by atoms with van der Waals surface area (Å²) >= 11 is 0. The highest BCUT2D eigenvalue weighted by Crippen LogP contribution is 2.25. The first kappa shape index (κ1) is 19.3. The highest BCUT2D eigenvalue weighted by molar-refractivity contribution is 5.97. The Morgan fingerprint density at radius 2 is 1.64 bits per heavy atom. The van der Waals surface area contributed by atoms with Gasteiger partial charge in [-0.3, -0.25) is 9.59 Å². The average Bonchev–Trinajstić information content (AvgIpc) is 2.81. The second-order valence-corrected chi connectivity index (χ2v) is 7.26. The van der Waals surface area contributed by atoms with Crippen LogP contribution in [0.5, 0.6) is 5.75 Å². The van der Waals surface area contributed by atoms with Crippen LogP contribution in [0.3, 0.4) is 0 Å². The first-order valence-electron chi connectivity index (χ1n) is 9.05. The van der Waals surface area contributed by atoms with Gasteiger partial charge in [-0.1, -0.05) is 13.8 Å². The van der Waals surface area contributed by atoms with E-state index in [1.807, 2.05) is 35.8 Å². The number of hydrogen-bond acceptors (Lipinski definition) is 3. The SMILES string of the molecule is COc1cc(C)c(C)cc1C(=O)N1CCCN(C(=O)CC(C)C)CC1. The molecule has 0 spiro atoms. The fraction of sp³-hybridized carbons (Fsp3) is 0.600. The summed E-state index contributed by atoms with van der Waals surface area (Å²) < 4.78 is 5.42. The molecule has 0 aliphatic carbocycles. The number of carbonyl (C=O) groups excluding carboxylic acids is 2. The molecule has 5 heteroatoms. The maximum absolute atomic E-state index is 13.0. The lowest BCUT2D eigenvalue weighted by Gasteiger charge is -2.23. The molecule has 138 valence electrons. The van der Waals surface area contributed by atoms with E-state index in [0.29, 0.717) is 43.3 Å². The third-order valence-electron chi connectivity index (χ3n) is 4.76. The number of amides is 2. The summed E-state index contributed by atoms with van der Waals surface area (Å²) in [4.78, 5) is 29.0. The minimum absolute atomic E-state index is 0.0156. The van der Waals surface area contributed by atoms with Crippen molar-refractivity contribution in [2.24, 2.45) is 5.92 Å². The topological polar surface area (TPSA) is 49.9 Å². The van der Waals surface area contributed by atoms with Crippen molar-refractivity contribution in [3.8, 4) is 5.75 Å². The van der Waals surface area contributed by atoms with Gasteiger partial charge in [0.1, 0.15) is 5.75 Å². The zero-order valence-corrected chi connectivity index (χ0v) is 16.1. The molecule has 0 saturated carbocycles. The Hall–Kier alpha value is -2.04. The minimum Gasteiger partial charge on any atom is -0.496 e. The van der Waals surface area contributed by atoms with Gasteiger partial charge in [0.25, 0.3) is 5.91 Å². The summed E-state index contributed by atoms with van der Waals surface area (Å²) in [5, 5.41) is 0. The minimum atomic E-state index is -0.0156. The van der Waals surface area contributed by atoms with Crippen LogP contribution in [0.15, 0.2) is 12.1 Å². The van der Waals surface area contributed by atoms with Crippen molar-refractivity contribution in [1.82, 2.24) is 9.80 Å². The van der Waals surface area contributed by atoms with E-state index in [1.165, 1.54) is 0 Å². The molecule has 25 heavy (non-hydrogen) atoms. The van der Waals surface area contributed by atoms with Crippen LogP contribution in [0.4, 0.5) is 0 Å². The third-order valence-corrected chi connectivity index (χ3v) is 4.76. The van der Waals surface area contributed by atoms with Crippen LogP contribution in [0.25, 0.3) is 0 Å². The lowest BCUT2D eigenvalue weighted by Crippen LogP contribution is -2.37. The van der Waals surface area contributed by atoms with Crippen LogP contribution in [-0.4, -0.2) is 54.9 Å². The Morgan fingerprint density at radius 3 is 2.28 bits per heavy atom. The molecular formula is C20H30N2O3. The zero-order chi connectivity index (χ0) is 18.6. The number of nitrogens with zero attached hydrogens (tertiary/aromatic N) is 2. The zero-order valence-electron chi connectivity index (χ0n) is 16.1. The predicted octanol–water partition coefficient (Wildman–Crippen LogP) is 3.03. The largest absolute Gasteiger partial charge is 0.496 e. The van der Waals surface area contributed by atoms with Gasteiger partial charge in [-0.2, -0.15) is 0 Å². The molecule has 0 radical (unpaired) electrons. The quantitative estimate of drug-likeness (QED) is 0.842. The van der Waals surface area contributed by atoms with Crippen molar-refractivity contribution in [3.05, 3.63) is 28.8 Å². The monoisotopic (exact) mass is 346 g/mol. The summed E-state index contributed by atoms with van der Waals surface area (Å²) in [7, 11) is 1.59. The highest BCUT2D eigenvalue weighted by atomic mass is 16.5. The van der Waals surface area contributed by atoms with E-state index in [2.05, 4.69) is 13.8 Å². The number of carbonyl (C=O) groups is 2. The van der Waals surface area contributed by atoms with E-state index in [1.54, 1.807) is 7.11 Å². The summed E-state index contributed by atoms with van der Waals surface area (Å²) in [5.41, 5.74) is 2.79. The smallest absolute Gasteiger partial charge is 0.257 e. The van der Waals surface area contributed by atoms with Crippen molar-refractivity contribution in [1.29, 1.82) is 0 Å². The number of rotatable bonds is 4. The lowest BCUT2D eigenvalue weighted by atomic mass is 10.0. The van der Waals surface area contributed by atoms with Gasteiger partial charge in [0.2, 0.25) is 5.91 Å². The molecule has 0 bridgehead atoms. The summed E-state index contributed by atoms with van der Waals surface area (Å²) in [5.74, 6) is 1.14. The molecular weight excluding hydrogens is 316 g/mol. The van der Waals surface area contributed by atoms with Gasteiger partial charge in [0.05, 0.1) is 12.7 Å². The first-order valence-corrected chi connectivity index (χ1v) is 9.05. The molecule has 1 aliphatic heterocycles. The standard InChI is InChI=1S/C20H30N2O3/c1-14(2)11-19(23)21-7-6-8-22(10-9-21)20(24)17-12-15(3)16(4)13-18(17)25-5/h12-14H,6-11H2,1-5H3. The number of hydrogen-bond donors (Lipinski definition) is 0.